The minimum atomic E-state index is -0.621. The molecule has 3 aromatic rings. The Balaban J connectivity index is 1.69. The molecule has 0 N–H and O–H groups in total. The van der Waals surface area contributed by atoms with E-state index in [1.165, 1.54) is 5.56 Å². The van der Waals surface area contributed by atoms with Crippen LogP contribution in [0.5, 0.6) is 5.75 Å². The number of nitrogens with zero attached hydrogens (tertiary/aromatic N) is 2. The van der Waals surface area contributed by atoms with Gasteiger partial charge in [0.05, 0.1) is 25.1 Å². The van der Waals surface area contributed by atoms with Crippen molar-refractivity contribution >= 4 is 11.6 Å². The molecule has 5 rings (SSSR count). The molecule has 4 heteroatoms. The van der Waals surface area contributed by atoms with Gasteiger partial charge in [0.2, 0.25) is 5.91 Å². The van der Waals surface area contributed by atoms with Crippen LogP contribution < -0.4 is 9.64 Å². The maximum atomic E-state index is 14.4. The Morgan fingerprint density at radius 1 is 1.00 bits per heavy atom. The van der Waals surface area contributed by atoms with Gasteiger partial charge in [-0.05, 0) is 55.2 Å². The largest absolute Gasteiger partial charge is 0.497 e. The highest BCUT2D eigenvalue weighted by Crippen LogP contribution is 2.57. The Labute approximate surface area is 190 Å². The summed E-state index contributed by atoms with van der Waals surface area (Å²) in [6.45, 7) is 5.91. The number of carbonyl (C=O) groups excluding carboxylic acids is 1. The number of hydrogen-bond donors (Lipinski definition) is 0. The van der Waals surface area contributed by atoms with Crippen LogP contribution in [0.1, 0.15) is 43.0 Å². The van der Waals surface area contributed by atoms with E-state index in [1.807, 2.05) is 35.2 Å². The van der Waals surface area contributed by atoms with Crippen LogP contribution in [0.2, 0.25) is 0 Å². The molecule has 32 heavy (non-hydrogen) atoms. The molecule has 0 radical (unpaired) electrons. The van der Waals surface area contributed by atoms with Gasteiger partial charge in [-0.3, -0.25) is 9.69 Å². The fourth-order valence-corrected chi connectivity index (χ4v) is 5.65. The van der Waals surface area contributed by atoms with Gasteiger partial charge in [-0.2, -0.15) is 0 Å². The number of benzene rings is 3. The van der Waals surface area contributed by atoms with Gasteiger partial charge in [0, 0.05) is 18.3 Å². The predicted octanol–water partition coefficient (Wildman–Crippen LogP) is 5.34. The lowest BCUT2D eigenvalue weighted by atomic mass is 9.72. The second-order valence-corrected chi connectivity index (χ2v) is 9.13. The van der Waals surface area contributed by atoms with E-state index >= 15 is 0 Å². The first-order valence-corrected chi connectivity index (χ1v) is 11.4. The molecule has 4 nitrogen and oxygen atoms in total. The van der Waals surface area contributed by atoms with E-state index in [0.717, 1.165) is 35.5 Å². The highest BCUT2D eigenvalue weighted by molar-refractivity contribution is 6.09. The van der Waals surface area contributed by atoms with Crippen molar-refractivity contribution in [2.75, 3.05) is 18.6 Å². The standard InChI is InChI=1S/C28H30N2O2/c1-20(2)29-17-16-28(26(29)22-12-8-5-9-13-22)24-18-23(32-3)14-15-25(24)30(27(28)31)19-21-10-6-4-7-11-21/h4-15,18,20,26H,16-17,19H2,1-3H3/t26-,28-/m0/s1. The third-order valence-electron chi connectivity index (χ3n) is 7.13. The van der Waals surface area contributed by atoms with Crippen molar-refractivity contribution in [1.29, 1.82) is 0 Å². The summed E-state index contributed by atoms with van der Waals surface area (Å²) in [5.74, 6) is 0.994. The molecule has 1 amide bonds. The van der Waals surface area contributed by atoms with Crippen LogP contribution in [-0.2, 0) is 16.8 Å². The first-order chi connectivity index (χ1) is 15.6. The third-order valence-corrected chi connectivity index (χ3v) is 7.13. The zero-order valence-corrected chi connectivity index (χ0v) is 19.0. The number of methoxy groups -OCH3 is 1. The number of ether oxygens (including phenoxy) is 1. The average molecular weight is 427 g/mol. The Morgan fingerprint density at radius 2 is 1.69 bits per heavy atom. The monoisotopic (exact) mass is 426 g/mol. The zero-order chi connectivity index (χ0) is 22.3. The van der Waals surface area contributed by atoms with Gasteiger partial charge in [-0.1, -0.05) is 60.7 Å². The Bertz CT molecular complexity index is 1110. The van der Waals surface area contributed by atoms with Gasteiger partial charge in [0.15, 0.2) is 0 Å². The first kappa shape index (κ1) is 20.8. The van der Waals surface area contributed by atoms with Gasteiger partial charge >= 0.3 is 0 Å². The summed E-state index contributed by atoms with van der Waals surface area (Å²) >= 11 is 0. The smallest absolute Gasteiger partial charge is 0.240 e. The lowest BCUT2D eigenvalue weighted by Gasteiger charge is -2.37. The second kappa shape index (κ2) is 8.10. The quantitative estimate of drug-likeness (QED) is 0.552. The van der Waals surface area contributed by atoms with Crippen molar-refractivity contribution in [3.8, 4) is 5.75 Å². The fraction of sp³-hybridized carbons (Fsp3) is 0.321. The molecule has 164 valence electrons. The topological polar surface area (TPSA) is 32.8 Å². The van der Waals surface area contributed by atoms with Crippen molar-refractivity contribution < 1.29 is 9.53 Å². The number of rotatable bonds is 5. The molecule has 2 atom stereocenters. The molecule has 0 saturated carbocycles. The molecule has 0 aliphatic carbocycles. The highest BCUT2D eigenvalue weighted by atomic mass is 16.5. The van der Waals surface area contributed by atoms with Gasteiger partial charge in [-0.25, -0.2) is 0 Å². The van der Waals surface area contributed by atoms with E-state index in [4.69, 9.17) is 4.74 Å². The maximum absolute atomic E-state index is 14.4. The minimum absolute atomic E-state index is 0.0113. The van der Waals surface area contributed by atoms with Gasteiger partial charge in [-0.15, -0.1) is 0 Å². The zero-order valence-electron chi connectivity index (χ0n) is 19.0. The lowest BCUT2D eigenvalue weighted by Crippen LogP contribution is -2.45. The van der Waals surface area contributed by atoms with E-state index in [-0.39, 0.29) is 11.9 Å². The van der Waals surface area contributed by atoms with E-state index < -0.39 is 5.41 Å². The third kappa shape index (κ3) is 3.13. The SMILES string of the molecule is COc1ccc2c(c1)[C@]1(CCN(C(C)C)[C@H]1c1ccccc1)C(=O)N2Cc1ccccc1. The normalized spacial score (nSPS) is 22.7. The summed E-state index contributed by atoms with van der Waals surface area (Å²) in [4.78, 5) is 18.9. The van der Waals surface area contributed by atoms with Crippen LogP contribution in [0.4, 0.5) is 5.69 Å². The van der Waals surface area contributed by atoms with E-state index in [1.54, 1.807) is 7.11 Å². The Kier molecular flexibility index (Phi) is 5.26. The number of carbonyl (C=O) groups is 1. The summed E-state index contributed by atoms with van der Waals surface area (Å²) < 4.78 is 5.60. The molecule has 0 aromatic heterocycles. The Morgan fingerprint density at radius 3 is 2.34 bits per heavy atom. The predicted molar refractivity (Wildman–Crippen MR) is 128 cm³/mol. The number of hydrogen-bond acceptors (Lipinski definition) is 3. The molecule has 1 fully saturated rings. The molecule has 0 unspecified atom stereocenters. The van der Waals surface area contributed by atoms with Crippen molar-refractivity contribution in [2.24, 2.45) is 0 Å². The van der Waals surface area contributed by atoms with Gasteiger partial charge in [0.25, 0.3) is 0 Å². The summed E-state index contributed by atoms with van der Waals surface area (Å²) in [7, 11) is 1.69. The summed E-state index contributed by atoms with van der Waals surface area (Å²) in [6, 6.07) is 27.2. The van der Waals surface area contributed by atoms with Crippen LogP contribution in [0.3, 0.4) is 0 Å². The molecule has 0 bridgehead atoms. The van der Waals surface area contributed by atoms with Crippen LogP contribution in [0.25, 0.3) is 0 Å². The molecule has 1 spiro atoms. The minimum Gasteiger partial charge on any atom is -0.497 e. The molecular weight excluding hydrogens is 396 g/mol. The van der Waals surface area contributed by atoms with Crippen LogP contribution in [0, 0.1) is 0 Å². The van der Waals surface area contributed by atoms with Gasteiger partial charge in [0.1, 0.15) is 5.75 Å². The van der Waals surface area contributed by atoms with E-state index in [9.17, 15) is 4.79 Å². The number of amides is 1. The number of likely N-dealkylation sites (tertiary alicyclic amines) is 1. The van der Waals surface area contributed by atoms with Crippen LogP contribution in [0.15, 0.2) is 78.9 Å². The van der Waals surface area contributed by atoms with Gasteiger partial charge < -0.3 is 9.64 Å². The summed E-state index contributed by atoms with van der Waals surface area (Å²) in [5.41, 5.74) is 3.81. The van der Waals surface area contributed by atoms with E-state index in [0.29, 0.717) is 12.6 Å². The van der Waals surface area contributed by atoms with Crippen molar-refractivity contribution in [2.45, 2.75) is 44.3 Å². The van der Waals surface area contributed by atoms with Crippen LogP contribution >= 0.6 is 0 Å². The molecule has 2 aliphatic heterocycles. The van der Waals surface area contributed by atoms with Crippen LogP contribution in [-0.4, -0.2) is 30.5 Å². The number of fused-ring (bicyclic) bond motifs is 2. The van der Waals surface area contributed by atoms with Crippen molar-refractivity contribution in [3.05, 3.63) is 95.6 Å². The molecular formula is C28H30N2O2. The lowest BCUT2D eigenvalue weighted by molar-refractivity contribution is -0.124. The van der Waals surface area contributed by atoms with Crippen molar-refractivity contribution in [3.63, 3.8) is 0 Å². The molecule has 1 saturated heterocycles. The fourth-order valence-electron chi connectivity index (χ4n) is 5.65. The number of anilines is 1. The first-order valence-electron chi connectivity index (χ1n) is 11.4. The highest BCUT2D eigenvalue weighted by Gasteiger charge is 2.61. The average Bonchev–Trinajstić information content (AvgIpc) is 3.34. The van der Waals surface area contributed by atoms with Crippen molar-refractivity contribution in [1.82, 2.24) is 4.90 Å². The second-order valence-electron chi connectivity index (χ2n) is 9.13. The summed E-state index contributed by atoms with van der Waals surface area (Å²) in [6.07, 6.45) is 0.801. The molecule has 3 aromatic carbocycles. The molecule has 2 aliphatic rings. The maximum Gasteiger partial charge on any atom is 0.240 e. The van der Waals surface area contributed by atoms with E-state index in [2.05, 4.69) is 67.3 Å². The molecule has 2 heterocycles. The Hall–Kier alpha value is -3.11. The summed E-state index contributed by atoms with van der Waals surface area (Å²) in [5, 5.41) is 0.